The summed E-state index contributed by atoms with van der Waals surface area (Å²) in [6.45, 7) is 2.78. The van der Waals surface area contributed by atoms with Gasteiger partial charge in [-0.1, -0.05) is 11.6 Å². The number of halogens is 2. The molecule has 3 N–H and O–H groups in total. The molecule has 1 aromatic carbocycles. The Labute approximate surface area is 208 Å². The summed E-state index contributed by atoms with van der Waals surface area (Å²) >= 11 is 5.90. The number of nitrogens with zero attached hydrogens (tertiary/aromatic N) is 3. The highest BCUT2D eigenvalue weighted by atomic mass is 35.5. The van der Waals surface area contributed by atoms with E-state index in [4.69, 9.17) is 21.7 Å². The van der Waals surface area contributed by atoms with Gasteiger partial charge in [-0.2, -0.15) is 0 Å². The number of carbonyl (C=O) groups excluding carboxylic acids is 1. The zero-order valence-corrected chi connectivity index (χ0v) is 20.3. The van der Waals surface area contributed by atoms with Gasteiger partial charge in [0.2, 0.25) is 0 Å². The smallest absolute Gasteiger partial charge is 0.258 e. The number of nitrogens with one attached hydrogen (secondary N) is 2. The number of aliphatic hydroxyl groups excluding tert-OH is 1. The predicted molar refractivity (Wildman–Crippen MR) is 131 cm³/mol. The van der Waals surface area contributed by atoms with E-state index in [9.17, 15) is 14.3 Å². The lowest BCUT2D eigenvalue weighted by Gasteiger charge is -2.39. The number of piperidine rings is 1. The molecule has 3 unspecified atom stereocenters. The molecule has 0 aliphatic carbocycles. The third-order valence-corrected chi connectivity index (χ3v) is 7.29. The second-order valence-corrected chi connectivity index (χ2v) is 10.1. The molecule has 35 heavy (non-hydrogen) atoms. The minimum absolute atomic E-state index is 0.127. The number of ether oxygens (including phenoxy) is 1. The van der Waals surface area contributed by atoms with E-state index in [-0.39, 0.29) is 48.2 Å². The topological polar surface area (TPSA) is 101 Å². The first kappa shape index (κ1) is 24.0. The number of amides is 1. The Balaban J connectivity index is 1.32. The van der Waals surface area contributed by atoms with Crippen LogP contribution in [-0.4, -0.2) is 76.7 Å². The van der Waals surface area contributed by atoms with E-state index in [1.807, 2.05) is 0 Å². The van der Waals surface area contributed by atoms with E-state index >= 15 is 0 Å². The summed E-state index contributed by atoms with van der Waals surface area (Å²) in [6.07, 6.45) is 6.22. The summed E-state index contributed by atoms with van der Waals surface area (Å²) < 4.78 is 20.5. The number of rotatable bonds is 5. The molecule has 8 nitrogen and oxygen atoms in total. The van der Waals surface area contributed by atoms with Crippen molar-refractivity contribution in [3.8, 4) is 5.75 Å². The van der Waals surface area contributed by atoms with E-state index in [0.29, 0.717) is 35.1 Å². The van der Waals surface area contributed by atoms with Crippen LogP contribution in [0.4, 0.5) is 4.39 Å². The van der Waals surface area contributed by atoms with Crippen LogP contribution in [0.5, 0.6) is 5.75 Å². The van der Waals surface area contributed by atoms with Crippen molar-refractivity contribution in [1.82, 2.24) is 15.1 Å². The van der Waals surface area contributed by atoms with Gasteiger partial charge in [0, 0.05) is 42.7 Å². The average molecular weight is 502 g/mol. The molecule has 3 fully saturated rings. The Morgan fingerprint density at radius 3 is 2.74 bits per heavy atom. The lowest BCUT2D eigenvalue weighted by atomic mass is 9.99. The maximum Gasteiger partial charge on any atom is 0.258 e. The van der Waals surface area contributed by atoms with Crippen molar-refractivity contribution in [2.75, 3.05) is 19.6 Å². The number of fused-ring (bicyclic) bond motifs is 2. The monoisotopic (exact) mass is 501 g/mol. The lowest BCUT2D eigenvalue weighted by Crippen LogP contribution is -2.48. The molecule has 4 aliphatic heterocycles. The van der Waals surface area contributed by atoms with Crippen LogP contribution in [0.15, 0.2) is 45.8 Å². The fourth-order valence-corrected chi connectivity index (χ4v) is 5.64. The molecule has 2 bridgehead atoms. The predicted octanol–water partition coefficient (Wildman–Crippen LogP) is 3.02. The van der Waals surface area contributed by atoms with Crippen LogP contribution >= 0.6 is 11.6 Å². The molecule has 4 aliphatic rings. The molecule has 10 heteroatoms. The summed E-state index contributed by atoms with van der Waals surface area (Å²) in [7, 11) is 0. The third-order valence-electron chi connectivity index (χ3n) is 7.08. The number of benzene rings is 1. The molecule has 0 spiro atoms. The molecule has 5 rings (SSSR count). The Morgan fingerprint density at radius 1 is 1.34 bits per heavy atom. The Hall–Kier alpha value is -2.75. The second kappa shape index (κ2) is 9.72. The minimum atomic E-state index is -0.465. The summed E-state index contributed by atoms with van der Waals surface area (Å²) in [4.78, 5) is 21.6. The molecule has 1 amide bonds. The third kappa shape index (κ3) is 4.98. The second-order valence-electron chi connectivity index (χ2n) is 9.68. The first-order valence-corrected chi connectivity index (χ1v) is 12.3. The summed E-state index contributed by atoms with van der Waals surface area (Å²) in [5.74, 6) is -0.0556. The molecule has 0 radical (unpaired) electrons. The quantitative estimate of drug-likeness (QED) is 0.575. The Bertz CT molecular complexity index is 1120. The molecule has 4 heterocycles. The van der Waals surface area contributed by atoms with E-state index in [1.54, 1.807) is 13.1 Å². The fraction of sp³-hybridized carbons (Fsp3) is 0.480. The first-order chi connectivity index (χ1) is 16.8. The maximum atomic E-state index is 14.2. The maximum absolute atomic E-state index is 14.2. The van der Waals surface area contributed by atoms with Crippen molar-refractivity contribution in [2.24, 2.45) is 4.99 Å². The fourth-order valence-electron chi connectivity index (χ4n) is 5.54. The molecule has 3 atom stereocenters. The van der Waals surface area contributed by atoms with Crippen molar-refractivity contribution < 1.29 is 19.0 Å². The highest BCUT2D eigenvalue weighted by Gasteiger charge is 2.42. The summed E-state index contributed by atoms with van der Waals surface area (Å²) in [5, 5.41) is 21.6. The van der Waals surface area contributed by atoms with Gasteiger partial charge < -0.3 is 25.5 Å². The number of carbonyl (C=O) groups is 1. The summed E-state index contributed by atoms with van der Waals surface area (Å²) in [6, 6.07) is 4.63. The Morgan fingerprint density at radius 2 is 2.09 bits per heavy atom. The van der Waals surface area contributed by atoms with Crippen molar-refractivity contribution in [2.45, 2.75) is 56.9 Å². The van der Waals surface area contributed by atoms with Crippen LogP contribution in [0.1, 0.15) is 43.0 Å². The number of allylic oxidation sites excluding steroid dienone is 1. The molecule has 3 saturated heterocycles. The van der Waals surface area contributed by atoms with Crippen LogP contribution in [0, 0.1) is 11.2 Å². The van der Waals surface area contributed by atoms with Crippen molar-refractivity contribution >= 4 is 29.4 Å². The summed E-state index contributed by atoms with van der Waals surface area (Å²) in [5.41, 5.74) is 1.19. The van der Waals surface area contributed by atoms with Crippen LogP contribution in [-0.2, 0) is 0 Å². The lowest BCUT2D eigenvalue weighted by molar-refractivity contribution is 0.0215. The molecular weight excluding hydrogens is 473 g/mol. The molecule has 1 aromatic rings. The van der Waals surface area contributed by atoms with Gasteiger partial charge in [0.25, 0.3) is 5.91 Å². The van der Waals surface area contributed by atoms with Gasteiger partial charge in [-0.15, -0.1) is 0 Å². The van der Waals surface area contributed by atoms with Crippen LogP contribution in [0.3, 0.4) is 0 Å². The van der Waals surface area contributed by atoms with Gasteiger partial charge in [-0.25, -0.2) is 9.38 Å². The molecular formula is C25H29ClFN5O3. The number of hydrogen-bond donors (Lipinski definition) is 3. The molecule has 0 aromatic heterocycles. The molecule has 186 valence electrons. The largest absolute Gasteiger partial charge is 0.489 e. The van der Waals surface area contributed by atoms with Crippen LogP contribution in [0.2, 0.25) is 0 Å². The minimum Gasteiger partial charge on any atom is -0.489 e. The highest BCUT2D eigenvalue weighted by Crippen LogP contribution is 2.38. The van der Waals surface area contributed by atoms with E-state index in [1.165, 1.54) is 29.3 Å². The molecule has 0 saturated carbocycles. The van der Waals surface area contributed by atoms with Gasteiger partial charge in [0.05, 0.1) is 35.5 Å². The Kier molecular flexibility index (Phi) is 6.65. The average Bonchev–Trinajstić information content (AvgIpc) is 3.29. The van der Waals surface area contributed by atoms with E-state index in [2.05, 4.69) is 15.2 Å². The number of aliphatic hydroxyl groups is 1. The van der Waals surface area contributed by atoms with Crippen molar-refractivity contribution in [3.63, 3.8) is 0 Å². The number of likely N-dealkylation sites (tertiary alicyclic amines) is 1. The first-order valence-electron chi connectivity index (χ1n) is 11.9. The van der Waals surface area contributed by atoms with E-state index < -0.39 is 5.82 Å². The van der Waals surface area contributed by atoms with E-state index in [0.717, 1.165) is 25.7 Å². The number of aliphatic imine (C=N–C) groups is 1. The van der Waals surface area contributed by atoms with Crippen LogP contribution in [0.25, 0.3) is 0 Å². The zero-order chi connectivity index (χ0) is 24.7. The van der Waals surface area contributed by atoms with Crippen molar-refractivity contribution in [3.05, 3.63) is 52.2 Å². The normalized spacial score (nSPS) is 29.3. The standard InChI is InChI=1S/C25H29ClFN5O3/c1-14(33)11-32-17-3-4-18(32)8-19(7-17)35-23-6-16(27)2-5-20(23)25(34)31-12-21(22(28)13-31)24-29-9-15(26)10-30-24/h2,5-6,9-10,14,17-19,28-29,33H,3-4,7-8,11-13H2,1H3/b24-21+,28-22?. The van der Waals surface area contributed by atoms with Gasteiger partial charge in [-0.05, 0) is 44.7 Å². The highest BCUT2D eigenvalue weighted by molar-refractivity contribution is 6.39. The van der Waals surface area contributed by atoms with Crippen molar-refractivity contribution in [1.29, 1.82) is 5.41 Å². The van der Waals surface area contributed by atoms with Gasteiger partial charge in [-0.3, -0.25) is 9.69 Å². The number of hydrogen-bond acceptors (Lipinski definition) is 7. The zero-order valence-electron chi connectivity index (χ0n) is 19.5. The van der Waals surface area contributed by atoms with Gasteiger partial charge in [0.1, 0.15) is 23.5 Å². The van der Waals surface area contributed by atoms with Crippen LogP contribution < -0.4 is 10.1 Å². The SMILES string of the molecule is CC(O)CN1C2CCC1CC(Oc1cc(F)ccc1C(=O)N1CC(=N)/C(=C3/N=CC(Cl)=CN3)C1)C2. The van der Waals surface area contributed by atoms with Gasteiger partial charge in [0.15, 0.2) is 0 Å². The van der Waals surface area contributed by atoms with Gasteiger partial charge >= 0.3 is 0 Å².